The van der Waals surface area contributed by atoms with Crippen molar-refractivity contribution in [2.24, 2.45) is 5.92 Å². The fraction of sp³-hybridized carbons (Fsp3) is 0.846. The molecular weight excluding hydrogens is 234 g/mol. The lowest BCUT2D eigenvalue weighted by Gasteiger charge is -2.32. The van der Waals surface area contributed by atoms with Crippen molar-refractivity contribution in [3.63, 3.8) is 0 Å². The van der Waals surface area contributed by atoms with Crippen molar-refractivity contribution in [3.8, 4) is 0 Å². The third-order valence-corrected chi connectivity index (χ3v) is 3.01. The van der Waals surface area contributed by atoms with Gasteiger partial charge in [0.05, 0.1) is 6.61 Å². The molecule has 0 saturated carbocycles. The summed E-state index contributed by atoms with van der Waals surface area (Å²) in [5.74, 6) is -0.584. The Morgan fingerprint density at radius 2 is 1.94 bits per heavy atom. The molecule has 0 saturated heterocycles. The van der Waals surface area contributed by atoms with Crippen LogP contribution in [-0.2, 0) is 19.1 Å². The van der Waals surface area contributed by atoms with E-state index in [4.69, 9.17) is 9.47 Å². The molecule has 1 atom stereocenters. The Kier molecular flexibility index (Phi) is 7.59. The van der Waals surface area contributed by atoms with Crippen molar-refractivity contribution in [1.29, 1.82) is 0 Å². The van der Waals surface area contributed by atoms with E-state index in [1.54, 1.807) is 21.0 Å². The average Bonchev–Trinajstić information content (AvgIpc) is 2.29. The van der Waals surface area contributed by atoms with E-state index < -0.39 is 5.54 Å². The van der Waals surface area contributed by atoms with Gasteiger partial charge < -0.3 is 14.8 Å². The normalized spacial score (nSPS) is 14.1. The summed E-state index contributed by atoms with van der Waals surface area (Å²) in [6, 6.07) is 0. The highest BCUT2D eigenvalue weighted by molar-refractivity contribution is 5.88. The number of methoxy groups -OCH3 is 1. The minimum absolute atomic E-state index is 0.0390. The van der Waals surface area contributed by atoms with Gasteiger partial charge in [0.15, 0.2) is 0 Å². The summed E-state index contributed by atoms with van der Waals surface area (Å²) in [6.45, 7) is 8.05. The predicted octanol–water partition coefficient (Wildman–Crippen LogP) is 1.51. The third-order valence-electron chi connectivity index (χ3n) is 3.01. The highest BCUT2D eigenvalue weighted by Gasteiger charge is 2.39. The van der Waals surface area contributed by atoms with Gasteiger partial charge in [0.25, 0.3) is 0 Å². The quantitative estimate of drug-likeness (QED) is 0.530. The first-order valence-electron chi connectivity index (χ1n) is 6.35. The first kappa shape index (κ1) is 16.9. The van der Waals surface area contributed by atoms with Crippen LogP contribution < -0.4 is 5.32 Å². The van der Waals surface area contributed by atoms with Crippen LogP contribution >= 0.6 is 0 Å². The Labute approximate surface area is 109 Å². The summed E-state index contributed by atoms with van der Waals surface area (Å²) in [7, 11) is 1.59. The lowest BCUT2D eigenvalue weighted by molar-refractivity contribution is -0.154. The maximum absolute atomic E-state index is 11.9. The largest absolute Gasteiger partial charge is 0.464 e. The number of carbonyl (C=O) groups is 2. The first-order chi connectivity index (χ1) is 8.38. The SMILES string of the molecule is CCOC(=O)[C@@](C)(NC(=O)CCCOC)C(C)C. The van der Waals surface area contributed by atoms with Crippen molar-refractivity contribution < 1.29 is 19.1 Å². The fourth-order valence-corrected chi connectivity index (χ4v) is 1.44. The van der Waals surface area contributed by atoms with Crippen LogP contribution in [0.2, 0.25) is 0 Å². The Balaban J connectivity index is 4.51. The zero-order valence-electron chi connectivity index (χ0n) is 12.0. The minimum Gasteiger partial charge on any atom is -0.464 e. The molecule has 0 bridgehead atoms. The van der Waals surface area contributed by atoms with Crippen LogP contribution in [0.1, 0.15) is 40.5 Å². The second-order valence-corrected chi connectivity index (χ2v) is 4.72. The molecule has 0 aliphatic rings. The van der Waals surface area contributed by atoms with Gasteiger partial charge in [-0.25, -0.2) is 4.79 Å². The lowest BCUT2D eigenvalue weighted by Crippen LogP contribution is -2.56. The Hall–Kier alpha value is -1.10. The second-order valence-electron chi connectivity index (χ2n) is 4.72. The van der Waals surface area contributed by atoms with Crippen LogP contribution in [-0.4, -0.2) is 37.7 Å². The molecule has 106 valence electrons. The molecule has 0 spiro atoms. The van der Waals surface area contributed by atoms with Gasteiger partial charge in [-0.15, -0.1) is 0 Å². The topological polar surface area (TPSA) is 64.6 Å². The lowest BCUT2D eigenvalue weighted by atomic mass is 9.88. The van der Waals surface area contributed by atoms with E-state index in [1.165, 1.54) is 0 Å². The minimum atomic E-state index is -0.972. The Morgan fingerprint density at radius 1 is 1.33 bits per heavy atom. The molecule has 0 aromatic carbocycles. The molecule has 0 unspecified atom stereocenters. The van der Waals surface area contributed by atoms with E-state index in [0.717, 1.165) is 0 Å². The highest BCUT2D eigenvalue weighted by atomic mass is 16.5. The maximum atomic E-state index is 11.9. The first-order valence-corrected chi connectivity index (χ1v) is 6.35. The number of nitrogens with one attached hydrogen (secondary N) is 1. The number of carbonyl (C=O) groups excluding carboxylic acids is 2. The monoisotopic (exact) mass is 259 g/mol. The van der Waals surface area contributed by atoms with Crippen molar-refractivity contribution in [3.05, 3.63) is 0 Å². The summed E-state index contributed by atoms with van der Waals surface area (Å²) in [6.07, 6.45) is 0.981. The van der Waals surface area contributed by atoms with Gasteiger partial charge in [0.1, 0.15) is 5.54 Å². The second kappa shape index (κ2) is 8.08. The van der Waals surface area contributed by atoms with Gasteiger partial charge in [-0.3, -0.25) is 4.79 Å². The maximum Gasteiger partial charge on any atom is 0.331 e. The van der Waals surface area contributed by atoms with Gasteiger partial charge in [-0.1, -0.05) is 13.8 Å². The molecule has 0 heterocycles. The molecule has 18 heavy (non-hydrogen) atoms. The van der Waals surface area contributed by atoms with Crippen molar-refractivity contribution >= 4 is 11.9 Å². The van der Waals surface area contributed by atoms with E-state index in [9.17, 15) is 9.59 Å². The summed E-state index contributed by atoms with van der Waals surface area (Å²) in [5, 5.41) is 2.77. The van der Waals surface area contributed by atoms with Crippen molar-refractivity contribution in [2.45, 2.75) is 46.1 Å². The number of hydrogen-bond donors (Lipinski definition) is 1. The van der Waals surface area contributed by atoms with E-state index in [1.807, 2.05) is 13.8 Å². The number of amides is 1. The molecule has 0 aliphatic heterocycles. The summed E-state index contributed by atoms with van der Waals surface area (Å²) in [5.41, 5.74) is -0.972. The van der Waals surface area contributed by atoms with Crippen LogP contribution in [0.3, 0.4) is 0 Å². The molecular formula is C13H25NO4. The van der Waals surface area contributed by atoms with Crippen molar-refractivity contribution in [1.82, 2.24) is 5.32 Å². The van der Waals surface area contributed by atoms with E-state index in [0.29, 0.717) is 26.1 Å². The summed E-state index contributed by atoms with van der Waals surface area (Å²) >= 11 is 0. The van der Waals surface area contributed by atoms with Crippen LogP contribution in [0.15, 0.2) is 0 Å². The Bertz CT molecular complexity index is 278. The van der Waals surface area contributed by atoms with Crippen LogP contribution in [0.25, 0.3) is 0 Å². The molecule has 1 amide bonds. The zero-order valence-corrected chi connectivity index (χ0v) is 12.0. The number of esters is 1. The molecule has 0 fully saturated rings. The zero-order chi connectivity index (χ0) is 14.2. The van der Waals surface area contributed by atoms with Gasteiger partial charge in [-0.2, -0.15) is 0 Å². The van der Waals surface area contributed by atoms with Gasteiger partial charge in [0, 0.05) is 20.1 Å². The fourth-order valence-electron chi connectivity index (χ4n) is 1.44. The molecule has 0 aromatic rings. The van der Waals surface area contributed by atoms with Crippen LogP contribution in [0, 0.1) is 5.92 Å². The molecule has 5 heteroatoms. The Morgan fingerprint density at radius 3 is 2.39 bits per heavy atom. The van der Waals surface area contributed by atoms with Crippen LogP contribution in [0.4, 0.5) is 0 Å². The molecule has 5 nitrogen and oxygen atoms in total. The van der Waals surface area contributed by atoms with E-state index in [2.05, 4.69) is 5.32 Å². The number of ether oxygens (including phenoxy) is 2. The molecule has 0 aliphatic carbocycles. The van der Waals surface area contributed by atoms with Crippen molar-refractivity contribution in [2.75, 3.05) is 20.3 Å². The average molecular weight is 259 g/mol. The van der Waals surface area contributed by atoms with E-state index >= 15 is 0 Å². The highest BCUT2D eigenvalue weighted by Crippen LogP contribution is 2.18. The summed E-state index contributed by atoms with van der Waals surface area (Å²) < 4.78 is 9.90. The molecule has 0 radical (unpaired) electrons. The summed E-state index contributed by atoms with van der Waals surface area (Å²) in [4.78, 5) is 23.7. The van der Waals surface area contributed by atoms with Gasteiger partial charge >= 0.3 is 5.97 Å². The molecule has 1 N–H and O–H groups in total. The van der Waals surface area contributed by atoms with Gasteiger partial charge in [-0.05, 0) is 26.2 Å². The van der Waals surface area contributed by atoms with Gasteiger partial charge in [0.2, 0.25) is 5.91 Å². The number of rotatable bonds is 8. The smallest absolute Gasteiger partial charge is 0.331 e. The molecule has 0 rings (SSSR count). The standard InChI is InChI=1S/C13H25NO4/c1-6-18-12(16)13(4,10(2)3)14-11(15)8-7-9-17-5/h10H,6-9H2,1-5H3,(H,14,15)/t13-/m0/s1. The molecule has 0 aromatic heterocycles. The van der Waals surface area contributed by atoms with Crippen LogP contribution in [0.5, 0.6) is 0 Å². The van der Waals surface area contributed by atoms with E-state index in [-0.39, 0.29) is 17.8 Å². The predicted molar refractivity (Wildman–Crippen MR) is 69.1 cm³/mol. The number of hydrogen-bond acceptors (Lipinski definition) is 4. The third kappa shape index (κ3) is 5.04.